The molecule has 3 rings (SSSR count). The molecule has 0 spiro atoms. The number of benzene rings is 1. The van der Waals surface area contributed by atoms with E-state index in [4.69, 9.17) is 5.11 Å². The molecule has 0 saturated heterocycles. The Balaban J connectivity index is 1.92. The summed E-state index contributed by atoms with van der Waals surface area (Å²) in [7, 11) is 0. The van der Waals surface area contributed by atoms with Crippen molar-refractivity contribution in [1.82, 2.24) is 14.6 Å². The van der Waals surface area contributed by atoms with Gasteiger partial charge in [-0.3, -0.25) is 10.1 Å². The summed E-state index contributed by atoms with van der Waals surface area (Å²) in [4.78, 5) is 25.2. The fourth-order valence-electron chi connectivity index (χ4n) is 1.91. The molecule has 0 aliphatic heterocycles. The molecule has 0 aliphatic rings. The number of nitrogens with one attached hydrogen (secondary N) is 1. The first-order valence-electron chi connectivity index (χ1n) is 6.15. The van der Waals surface area contributed by atoms with Gasteiger partial charge in [0.05, 0.1) is 10.5 Å². The van der Waals surface area contributed by atoms with Crippen molar-refractivity contribution in [3.8, 4) is 0 Å². The van der Waals surface area contributed by atoms with Crippen molar-refractivity contribution in [3.63, 3.8) is 0 Å². The van der Waals surface area contributed by atoms with Crippen molar-refractivity contribution in [2.75, 3.05) is 5.32 Å². The molecular weight excluding hydrogens is 290 g/mol. The van der Waals surface area contributed by atoms with Crippen molar-refractivity contribution in [2.24, 2.45) is 0 Å². The van der Waals surface area contributed by atoms with Crippen LogP contribution in [0.15, 0.2) is 42.6 Å². The van der Waals surface area contributed by atoms with Gasteiger partial charge in [-0.25, -0.2) is 9.31 Å². The molecule has 9 heteroatoms. The molecule has 110 valence electrons. The maximum atomic E-state index is 10.9. The highest BCUT2D eigenvalue weighted by Gasteiger charge is 2.16. The van der Waals surface area contributed by atoms with Crippen LogP contribution in [-0.4, -0.2) is 30.6 Å². The summed E-state index contributed by atoms with van der Waals surface area (Å²) in [6, 6.07) is 8.83. The van der Waals surface area contributed by atoms with E-state index in [2.05, 4.69) is 15.4 Å². The maximum absolute atomic E-state index is 10.9. The van der Waals surface area contributed by atoms with E-state index in [9.17, 15) is 14.9 Å². The normalized spacial score (nSPS) is 10.5. The van der Waals surface area contributed by atoms with E-state index in [-0.39, 0.29) is 22.8 Å². The van der Waals surface area contributed by atoms with Gasteiger partial charge in [-0.05, 0) is 30.3 Å². The van der Waals surface area contributed by atoms with E-state index in [1.54, 1.807) is 18.3 Å². The third-order valence-corrected chi connectivity index (χ3v) is 2.93. The lowest BCUT2D eigenvalue weighted by molar-refractivity contribution is -0.383. The number of carboxylic acid groups (broad SMARTS) is 1. The van der Waals surface area contributed by atoms with Crippen LogP contribution in [0.25, 0.3) is 5.65 Å². The SMILES string of the molecule is O=C(O)c1ccc(Nc2nc3c([N+](=O)[O-])cccn3n2)cc1. The van der Waals surface area contributed by atoms with Gasteiger partial charge in [-0.15, -0.1) is 5.10 Å². The van der Waals surface area contributed by atoms with Crippen molar-refractivity contribution in [3.05, 3.63) is 58.3 Å². The average Bonchev–Trinajstić information content (AvgIpc) is 2.89. The molecule has 9 nitrogen and oxygen atoms in total. The third-order valence-electron chi connectivity index (χ3n) is 2.93. The summed E-state index contributed by atoms with van der Waals surface area (Å²) < 4.78 is 1.30. The van der Waals surface area contributed by atoms with Gasteiger partial charge in [0.15, 0.2) is 0 Å². The first kappa shape index (κ1) is 13.5. The molecule has 0 atom stereocenters. The summed E-state index contributed by atoms with van der Waals surface area (Å²) in [5.74, 6) is -0.842. The fourth-order valence-corrected chi connectivity index (χ4v) is 1.91. The van der Waals surface area contributed by atoms with Crippen LogP contribution < -0.4 is 5.32 Å². The number of hydrogen-bond acceptors (Lipinski definition) is 6. The molecule has 0 aliphatic carbocycles. The zero-order valence-corrected chi connectivity index (χ0v) is 11.0. The number of fused-ring (bicyclic) bond motifs is 1. The minimum Gasteiger partial charge on any atom is -0.478 e. The summed E-state index contributed by atoms with van der Waals surface area (Å²) in [5.41, 5.74) is 0.703. The molecule has 22 heavy (non-hydrogen) atoms. The Bertz CT molecular complexity index is 872. The molecule has 0 amide bonds. The van der Waals surface area contributed by atoms with Crippen LogP contribution in [0.3, 0.4) is 0 Å². The first-order valence-corrected chi connectivity index (χ1v) is 6.15. The van der Waals surface area contributed by atoms with E-state index >= 15 is 0 Å². The zero-order chi connectivity index (χ0) is 15.7. The minimum atomic E-state index is -1.02. The highest BCUT2D eigenvalue weighted by atomic mass is 16.6. The van der Waals surface area contributed by atoms with E-state index in [1.165, 1.54) is 28.8 Å². The maximum Gasteiger partial charge on any atom is 0.335 e. The van der Waals surface area contributed by atoms with Gasteiger partial charge in [0.1, 0.15) is 0 Å². The van der Waals surface area contributed by atoms with Crippen molar-refractivity contribution < 1.29 is 14.8 Å². The lowest BCUT2D eigenvalue weighted by Gasteiger charge is -2.01. The number of anilines is 2. The number of nitrogens with zero attached hydrogens (tertiary/aromatic N) is 4. The Morgan fingerprint density at radius 2 is 2.00 bits per heavy atom. The predicted octanol–water partition coefficient (Wildman–Crippen LogP) is 2.08. The Hall–Kier alpha value is -3.49. The number of aromatic nitrogens is 3. The second kappa shape index (κ2) is 5.13. The van der Waals surface area contributed by atoms with Crippen molar-refractivity contribution >= 4 is 28.9 Å². The summed E-state index contributed by atoms with van der Waals surface area (Å²) in [5, 5.41) is 26.7. The number of pyridine rings is 1. The second-order valence-electron chi connectivity index (χ2n) is 4.36. The molecule has 0 saturated carbocycles. The van der Waals surface area contributed by atoms with Crippen molar-refractivity contribution in [2.45, 2.75) is 0 Å². The topological polar surface area (TPSA) is 123 Å². The number of nitro groups is 1. The van der Waals surface area contributed by atoms with Gasteiger partial charge in [-0.1, -0.05) is 0 Å². The van der Waals surface area contributed by atoms with Crippen LogP contribution in [0, 0.1) is 10.1 Å². The van der Waals surface area contributed by atoms with Crippen LogP contribution in [0.1, 0.15) is 10.4 Å². The molecule has 2 heterocycles. The highest BCUT2D eigenvalue weighted by molar-refractivity contribution is 5.88. The van der Waals surface area contributed by atoms with E-state index < -0.39 is 10.9 Å². The molecule has 0 radical (unpaired) electrons. The van der Waals surface area contributed by atoms with Crippen LogP contribution in [0.5, 0.6) is 0 Å². The Kier molecular flexibility index (Phi) is 3.14. The number of hydrogen-bond donors (Lipinski definition) is 2. The lowest BCUT2D eigenvalue weighted by Crippen LogP contribution is -1.97. The Morgan fingerprint density at radius 1 is 1.27 bits per heavy atom. The number of carboxylic acids is 1. The van der Waals surface area contributed by atoms with Crippen molar-refractivity contribution in [1.29, 1.82) is 0 Å². The standard InChI is InChI=1S/C13H9N5O4/c19-12(20)8-3-5-9(6-4-8)14-13-15-11-10(18(21)22)2-1-7-17(11)16-13/h1-7H,(H,14,16)(H,19,20). The summed E-state index contributed by atoms with van der Waals surface area (Å²) in [6.45, 7) is 0. The van der Waals surface area contributed by atoms with Gasteiger partial charge in [0.25, 0.3) is 0 Å². The molecule has 2 aromatic heterocycles. The van der Waals surface area contributed by atoms with Crippen LogP contribution >= 0.6 is 0 Å². The van der Waals surface area contributed by atoms with E-state index in [1.807, 2.05) is 0 Å². The van der Waals surface area contributed by atoms with Crippen LogP contribution in [-0.2, 0) is 0 Å². The number of aromatic carboxylic acids is 1. The predicted molar refractivity (Wildman–Crippen MR) is 76.3 cm³/mol. The van der Waals surface area contributed by atoms with Gasteiger partial charge < -0.3 is 10.4 Å². The van der Waals surface area contributed by atoms with E-state index in [0.717, 1.165) is 0 Å². The lowest BCUT2D eigenvalue weighted by atomic mass is 10.2. The van der Waals surface area contributed by atoms with Gasteiger partial charge >= 0.3 is 11.7 Å². The minimum absolute atomic E-state index is 0.122. The van der Waals surface area contributed by atoms with E-state index in [0.29, 0.717) is 5.69 Å². The number of carbonyl (C=O) groups is 1. The molecule has 0 bridgehead atoms. The second-order valence-corrected chi connectivity index (χ2v) is 4.36. The smallest absolute Gasteiger partial charge is 0.335 e. The van der Waals surface area contributed by atoms with Gasteiger partial charge in [0, 0.05) is 18.0 Å². The molecule has 2 N–H and O–H groups in total. The van der Waals surface area contributed by atoms with Crippen LogP contribution in [0.4, 0.5) is 17.3 Å². The summed E-state index contributed by atoms with van der Waals surface area (Å²) in [6.07, 6.45) is 1.55. The molecule has 0 fully saturated rings. The van der Waals surface area contributed by atoms with Gasteiger partial charge in [-0.2, -0.15) is 4.98 Å². The zero-order valence-electron chi connectivity index (χ0n) is 11.0. The van der Waals surface area contributed by atoms with Gasteiger partial charge in [0.2, 0.25) is 11.6 Å². The van der Waals surface area contributed by atoms with Crippen LogP contribution in [0.2, 0.25) is 0 Å². The monoisotopic (exact) mass is 299 g/mol. The largest absolute Gasteiger partial charge is 0.478 e. The molecule has 3 aromatic rings. The highest BCUT2D eigenvalue weighted by Crippen LogP contribution is 2.20. The fraction of sp³-hybridized carbons (Fsp3) is 0. The number of rotatable bonds is 4. The quantitative estimate of drug-likeness (QED) is 0.558. The average molecular weight is 299 g/mol. The molecule has 0 unspecified atom stereocenters. The molecule has 1 aromatic carbocycles. The summed E-state index contributed by atoms with van der Waals surface area (Å²) >= 11 is 0. The Morgan fingerprint density at radius 3 is 2.64 bits per heavy atom. The Labute approximate surface area is 123 Å². The first-order chi connectivity index (χ1) is 10.5. The molecular formula is C13H9N5O4. The third kappa shape index (κ3) is 2.42.